The van der Waals surface area contributed by atoms with Gasteiger partial charge < -0.3 is 0 Å². The quantitative estimate of drug-likeness (QED) is 0.563. The van der Waals surface area contributed by atoms with E-state index in [1.54, 1.807) is 34.0 Å². The van der Waals surface area contributed by atoms with Crippen LogP contribution in [0.3, 0.4) is 0 Å². The minimum Gasteiger partial charge on any atom is -0.181 e. The zero-order valence-corrected chi connectivity index (χ0v) is 12.3. The van der Waals surface area contributed by atoms with E-state index in [-0.39, 0.29) is 0 Å². The Morgan fingerprint density at radius 1 is 1.16 bits per heavy atom. The fraction of sp³-hybridized carbons (Fsp3) is 0.0833. The van der Waals surface area contributed by atoms with Gasteiger partial charge in [0.05, 0.1) is 4.88 Å². The molecule has 0 aromatic carbocycles. The van der Waals surface area contributed by atoms with Crippen molar-refractivity contribution in [1.29, 1.82) is 0 Å². The average Bonchev–Trinajstić information content (AvgIpc) is 3.11. The first-order valence-electron chi connectivity index (χ1n) is 5.62. The fourth-order valence-electron chi connectivity index (χ4n) is 1.86. The molecule has 0 spiro atoms. The lowest BCUT2D eigenvalue weighted by molar-refractivity contribution is 0.973. The molecule has 0 aliphatic carbocycles. The van der Waals surface area contributed by atoms with Crippen LogP contribution in [0.4, 0.5) is 0 Å². The zero-order chi connectivity index (χ0) is 12.8. The lowest BCUT2D eigenvalue weighted by Gasteiger charge is -1.94. The van der Waals surface area contributed by atoms with Gasteiger partial charge in [-0.1, -0.05) is 11.3 Å². The molecule has 19 heavy (non-hydrogen) atoms. The summed E-state index contributed by atoms with van der Waals surface area (Å²) >= 11 is 4.92. The maximum atomic E-state index is 4.64. The molecule has 0 aliphatic heterocycles. The average molecular weight is 304 g/mol. The highest BCUT2D eigenvalue weighted by Gasteiger charge is 2.16. The number of nitrogens with zero attached hydrogens (tertiary/aromatic N) is 4. The number of aromatic nitrogens is 4. The van der Waals surface area contributed by atoms with E-state index in [1.165, 1.54) is 5.56 Å². The summed E-state index contributed by atoms with van der Waals surface area (Å²) in [6, 6.07) is 4.17. The van der Waals surface area contributed by atoms with Crippen LogP contribution in [0.15, 0.2) is 28.3 Å². The third-order valence-electron chi connectivity index (χ3n) is 2.82. The van der Waals surface area contributed by atoms with E-state index in [2.05, 4.69) is 50.5 Å². The summed E-state index contributed by atoms with van der Waals surface area (Å²) in [5.74, 6) is 0.834. The highest BCUT2D eigenvalue weighted by atomic mass is 32.1. The second kappa shape index (κ2) is 4.22. The van der Waals surface area contributed by atoms with Crippen molar-refractivity contribution in [2.45, 2.75) is 6.92 Å². The standard InChI is InChI=1S/C12H8N4S3/c1-7-2-5-18-9(7)10-13-14-12-16(10)15-11(19-12)8-3-4-17-6-8/h2-6H,1H3. The molecule has 0 N–H and O–H groups in total. The Hall–Kier alpha value is -1.57. The summed E-state index contributed by atoms with van der Waals surface area (Å²) in [6.07, 6.45) is 0. The van der Waals surface area contributed by atoms with E-state index < -0.39 is 0 Å². The predicted octanol–water partition coefficient (Wildman–Crippen LogP) is 3.95. The Bertz CT molecular complexity index is 838. The van der Waals surface area contributed by atoms with Gasteiger partial charge >= 0.3 is 0 Å². The van der Waals surface area contributed by atoms with E-state index in [0.717, 1.165) is 26.2 Å². The molecule has 0 radical (unpaired) electrons. The first-order valence-corrected chi connectivity index (χ1v) is 8.26. The molecule has 0 aliphatic rings. The molecule has 0 unspecified atom stereocenters. The highest BCUT2D eigenvalue weighted by Crippen LogP contribution is 2.32. The summed E-state index contributed by atoms with van der Waals surface area (Å²) in [6.45, 7) is 2.08. The number of thiophene rings is 2. The van der Waals surface area contributed by atoms with Gasteiger partial charge in [0.2, 0.25) is 4.96 Å². The second-order valence-corrected chi connectivity index (χ2v) is 6.72. The Morgan fingerprint density at radius 3 is 2.84 bits per heavy atom. The molecule has 0 fully saturated rings. The van der Waals surface area contributed by atoms with E-state index in [0.29, 0.717) is 0 Å². The van der Waals surface area contributed by atoms with Crippen LogP contribution in [0.1, 0.15) is 5.56 Å². The first kappa shape index (κ1) is 11.3. The van der Waals surface area contributed by atoms with Crippen molar-refractivity contribution in [2.75, 3.05) is 0 Å². The van der Waals surface area contributed by atoms with Gasteiger partial charge in [0, 0.05) is 10.9 Å². The normalized spacial score (nSPS) is 11.4. The van der Waals surface area contributed by atoms with Gasteiger partial charge in [-0.25, -0.2) is 0 Å². The maximum Gasteiger partial charge on any atom is 0.235 e. The molecule has 0 saturated heterocycles. The first-order chi connectivity index (χ1) is 9.33. The van der Waals surface area contributed by atoms with Crippen LogP contribution in [0.5, 0.6) is 0 Å². The molecule has 7 heteroatoms. The van der Waals surface area contributed by atoms with Crippen LogP contribution in [-0.2, 0) is 0 Å². The van der Waals surface area contributed by atoms with Crippen LogP contribution in [0.2, 0.25) is 0 Å². The molecule has 4 rings (SSSR count). The molecular weight excluding hydrogens is 296 g/mol. The topological polar surface area (TPSA) is 43.1 Å². The third kappa shape index (κ3) is 1.73. The van der Waals surface area contributed by atoms with Crippen molar-refractivity contribution in [1.82, 2.24) is 19.8 Å². The van der Waals surface area contributed by atoms with Gasteiger partial charge in [0.15, 0.2) is 5.82 Å². The number of aryl methyl sites for hydroxylation is 1. The van der Waals surface area contributed by atoms with Crippen LogP contribution in [0, 0.1) is 6.92 Å². The number of hydrogen-bond acceptors (Lipinski definition) is 6. The van der Waals surface area contributed by atoms with Crippen molar-refractivity contribution in [2.24, 2.45) is 0 Å². The van der Waals surface area contributed by atoms with E-state index in [9.17, 15) is 0 Å². The van der Waals surface area contributed by atoms with Crippen molar-refractivity contribution < 1.29 is 0 Å². The smallest absolute Gasteiger partial charge is 0.181 e. The largest absolute Gasteiger partial charge is 0.235 e. The molecule has 4 nitrogen and oxygen atoms in total. The minimum atomic E-state index is 0.834. The van der Waals surface area contributed by atoms with Crippen molar-refractivity contribution in [3.05, 3.63) is 33.8 Å². The molecule has 0 bridgehead atoms. The molecule has 4 aromatic rings. The summed E-state index contributed by atoms with van der Waals surface area (Å²) in [5, 5.41) is 20.3. The monoisotopic (exact) mass is 304 g/mol. The van der Waals surface area contributed by atoms with Gasteiger partial charge in [-0.15, -0.1) is 21.5 Å². The fourth-order valence-corrected chi connectivity index (χ4v) is 4.31. The molecule has 0 amide bonds. The summed E-state index contributed by atoms with van der Waals surface area (Å²) < 4.78 is 1.84. The molecule has 4 heterocycles. The van der Waals surface area contributed by atoms with Gasteiger partial charge in [-0.3, -0.25) is 0 Å². The summed E-state index contributed by atoms with van der Waals surface area (Å²) in [4.78, 5) is 1.97. The number of rotatable bonds is 2. The van der Waals surface area contributed by atoms with E-state index in [1.807, 2.05) is 4.52 Å². The highest BCUT2D eigenvalue weighted by molar-refractivity contribution is 7.20. The minimum absolute atomic E-state index is 0.834. The van der Waals surface area contributed by atoms with E-state index in [4.69, 9.17) is 0 Å². The van der Waals surface area contributed by atoms with Gasteiger partial charge in [-0.2, -0.15) is 21.0 Å². The second-order valence-electron chi connectivity index (χ2n) is 4.07. The number of hydrogen-bond donors (Lipinski definition) is 0. The summed E-state index contributed by atoms with van der Waals surface area (Å²) in [5.41, 5.74) is 2.36. The number of fused-ring (bicyclic) bond motifs is 1. The van der Waals surface area contributed by atoms with Crippen LogP contribution < -0.4 is 0 Å². The van der Waals surface area contributed by atoms with Crippen LogP contribution in [-0.4, -0.2) is 19.8 Å². The molecular formula is C12H8N4S3. The van der Waals surface area contributed by atoms with Crippen LogP contribution >= 0.6 is 34.0 Å². The van der Waals surface area contributed by atoms with Gasteiger partial charge in [0.1, 0.15) is 5.01 Å². The van der Waals surface area contributed by atoms with Crippen molar-refractivity contribution in [3.8, 4) is 21.3 Å². The Morgan fingerprint density at radius 2 is 2.11 bits per heavy atom. The van der Waals surface area contributed by atoms with Crippen LogP contribution in [0.25, 0.3) is 26.2 Å². The molecule has 94 valence electrons. The molecule has 4 aromatic heterocycles. The van der Waals surface area contributed by atoms with E-state index >= 15 is 0 Å². The SMILES string of the molecule is Cc1ccsc1-c1nnc2sc(-c3ccsc3)nn12. The maximum absolute atomic E-state index is 4.64. The van der Waals surface area contributed by atoms with Gasteiger partial charge in [0.25, 0.3) is 0 Å². The third-order valence-corrected chi connectivity index (χ3v) is 5.47. The zero-order valence-electron chi connectivity index (χ0n) is 9.90. The molecule has 0 atom stereocenters. The van der Waals surface area contributed by atoms with Crippen molar-refractivity contribution >= 4 is 39.0 Å². The van der Waals surface area contributed by atoms with Gasteiger partial charge in [-0.05, 0) is 35.4 Å². The Kier molecular flexibility index (Phi) is 2.51. The predicted molar refractivity (Wildman–Crippen MR) is 80.0 cm³/mol. The Balaban J connectivity index is 1.92. The summed E-state index contributed by atoms with van der Waals surface area (Å²) in [7, 11) is 0. The Labute approximate surface area is 121 Å². The lowest BCUT2D eigenvalue weighted by Crippen LogP contribution is -1.89. The lowest BCUT2D eigenvalue weighted by atomic mass is 10.3. The molecule has 0 saturated carbocycles. The van der Waals surface area contributed by atoms with Crippen molar-refractivity contribution in [3.63, 3.8) is 0 Å².